The Morgan fingerprint density at radius 2 is 1.37 bits per heavy atom. The van der Waals surface area contributed by atoms with E-state index in [0.717, 1.165) is 16.5 Å². The lowest BCUT2D eigenvalue weighted by Crippen LogP contribution is -2.58. The number of guanidine groups is 2. The number of para-hydroxylation sites is 1. The highest BCUT2D eigenvalue weighted by molar-refractivity contribution is 5.99. The van der Waals surface area contributed by atoms with Gasteiger partial charge in [-0.2, -0.15) is 0 Å². The lowest BCUT2D eigenvalue weighted by molar-refractivity contribution is -0.136. The normalized spacial score (nSPS) is 21.3. The highest BCUT2D eigenvalue weighted by Crippen LogP contribution is 2.26. The first-order valence-corrected chi connectivity index (χ1v) is 25.6. The van der Waals surface area contributed by atoms with Crippen molar-refractivity contribution in [2.45, 2.75) is 140 Å². The Morgan fingerprint density at radius 3 is 2.05 bits per heavy atom. The Bertz CT molecular complexity index is 2490. The van der Waals surface area contributed by atoms with Gasteiger partial charge in [-0.1, -0.05) is 68.3 Å². The van der Waals surface area contributed by atoms with E-state index < -0.39 is 101 Å². The molecule has 1 aromatic heterocycles. The number of amides is 7. The zero-order valence-electron chi connectivity index (χ0n) is 43.0. The van der Waals surface area contributed by atoms with Gasteiger partial charge in [0.05, 0.1) is 12.5 Å². The Balaban J connectivity index is 1.77. The van der Waals surface area contributed by atoms with E-state index in [4.69, 9.17) is 28.7 Å². The van der Waals surface area contributed by atoms with Crippen LogP contribution in [0.15, 0.2) is 70.8 Å². The van der Waals surface area contributed by atoms with E-state index in [9.17, 15) is 43.2 Å². The number of aromatic amines is 1. The van der Waals surface area contributed by atoms with E-state index in [1.54, 1.807) is 36.5 Å². The van der Waals surface area contributed by atoms with Gasteiger partial charge in [-0.3, -0.25) is 53.1 Å². The average molecular weight is 1040 g/mol. The first kappa shape index (κ1) is 59.7. The Hall–Kier alpha value is -7.85. The molecule has 7 atom stereocenters. The Labute approximate surface area is 436 Å². The molecule has 0 spiro atoms. The summed E-state index contributed by atoms with van der Waals surface area (Å²) in [6, 6.07) is 9.97. The van der Waals surface area contributed by atoms with Gasteiger partial charge in [-0.05, 0) is 81.4 Å². The molecular weight excluding hydrogens is 965 g/mol. The summed E-state index contributed by atoms with van der Waals surface area (Å²) in [6.45, 7) is 3.42. The lowest BCUT2D eigenvalue weighted by Gasteiger charge is -2.27. The zero-order chi connectivity index (χ0) is 54.9. The number of H-pyrrole nitrogens is 1. The fourth-order valence-corrected chi connectivity index (χ4v) is 8.89. The number of hydrogen-bond acceptors (Lipinski definition) is 11. The number of rotatable bonds is 19. The van der Waals surface area contributed by atoms with Gasteiger partial charge >= 0.3 is 0 Å². The maximum absolute atomic E-state index is 14.8. The third kappa shape index (κ3) is 20.9. The number of aliphatic imine (C=N–C) groups is 2. The van der Waals surface area contributed by atoms with Gasteiger partial charge in [0.1, 0.15) is 30.0 Å². The molecule has 0 saturated carbocycles. The van der Waals surface area contributed by atoms with Gasteiger partial charge in [0.25, 0.3) is 0 Å². The van der Waals surface area contributed by atoms with Crippen molar-refractivity contribution in [1.82, 2.24) is 36.9 Å². The molecule has 2 aromatic carbocycles. The summed E-state index contributed by atoms with van der Waals surface area (Å²) in [4.78, 5) is 136. The largest absolute Gasteiger partial charge is 0.370 e. The molecule has 1 saturated heterocycles. The minimum absolute atomic E-state index is 0.00143. The third-order valence-corrected chi connectivity index (χ3v) is 12.9. The van der Waals surface area contributed by atoms with Crippen molar-refractivity contribution < 1.29 is 43.2 Å². The van der Waals surface area contributed by atoms with E-state index >= 15 is 0 Å². The molecule has 3 aromatic rings. The fraction of sp³-hybridized carbons (Fsp3) is 0.519. The van der Waals surface area contributed by atoms with Crippen molar-refractivity contribution in [3.63, 3.8) is 0 Å². The molecule has 0 radical (unpaired) electrons. The predicted octanol–water partition coefficient (Wildman–Crippen LogP) is 0.0207. The van der Waals surface area contributed by atoms with Crippen LogP contribution in [0.3, 0.4) is 0 Å². The molecule has 0 unspecified atom stereocenters. The van der Waals surface area contributed by atoms with Crippen LogP contribution < -0.4 is 60.6 Å². The summed E-state index contributed by atoms with van der Waals surface area (Å²) in [5.41, 5.74) is 30.2. The number of carbonyl (C=O) groups excluding carboxylic acids is 9. The predicted molar refractivity (Wildman–Crippen MR) is 284 cm³/mol. The maximum atomic E-state index is 14.8. The quantitative estimate of drug-likeness (QED) is 0.0429. The van der Waals surface area contributed by atoms with E-state index in [2.05, 4.69) is 46.9 Å². The number of ketones is 2. The molecule has 7 amide bonds. The first-order chi connectivity index (χ1) is 35.8. The minimum atomic E-state index is -1.57. The van der Waals surface area contributed by atoms with E-state index in [0.29, 0.717) is 24.8 Å². The van der Waals surface area contributed by atoms with Crippen LogP contribution in [0.4, 0.5) is 0 Å². The number of carbonyl (C=O) groups is 9. The molecule has 2 heterocycles. The zero-order valence-corrected chi connectivity index (χ0v) is 43.0. The Morgan fingerprint density at radius 1 is 0.707 bits per heavy atom. The average Bonchev–Trinajstić information content (AvgIpc) is 3.77. The standard InChI is InChI=1S/C52H76N14O9/c1-3-4-18-40-49(74)65-41(25-32-14-6-5-7-15-32)44(69)27-33(16-12-23-59-51(54)55)43(68)28-34(26-35-30-61-37-19-9-8-17-36(35)37)47(72)63-38(46(53)71)20-10-11-22-58-45(70)29-42(50(75)64-40)66-48(73)39(62-31(2)67)21-13-24-60-52(56)57/h5-9,14-15,17,19,30,33-34,38-42,61H,3-4,10-13,16,18,20-29H2,1-2H3,(H2,53,71)(H,58,70)(H,62,67)(H,63,72)(H,64,75)(H,65,74)(H,66,73)(H4,54,55,59)(H4,56,57,60)/t33-,34-,38+,39+,40-,41-,42+/m1/s1. The molecule has 23 nitrogen and oxygen atoms in total. The van der Waals surface area contributed by atoms with Crippen LogP contribution in [0, 0.1) is 11.8 Å². The monoisotopic (exact) mass is 1040 g/mol. The van der Waals surface area contributed by atoms with Crippen molar-refractivity contribution in [3.05, 3.63) is 71.9 Å². The van der Waals surface area contributed by atoms with E-state index in [1.807, 2.05) is 31.2 Å². The van der Waals surface area contributed by atoms with Gasteiger partial charge in [-0.15, -0.1) is 0 Å². The van der Waals surface area contributed by atoms with Crippen LogP contribution in [0.25, 0.3) is 10.9 Å². The van der Waals surface area contributed by atoms with Crippen LogP contribution in [0.5, 0.6) is 0 Å². The van der Waals surface area contributed by atoms with Gasteiger partial charge in [0.2, 0.25) is 41.4 Å². The molecule has 1 aliphatic rings. The second-order valence-corrected chi connectivity index (χ2v) is 19.0. The maximum Gasteiger partial charge on any atom is 0.243 e. The number of fused-ring (bicyclic) bond motifs is 1. The number of primary amides is 1. The van der Waals surface area contributed by atoms with Crippen LogP contribution in [-0.2, 0) is 56.0 Å². The summed E-state index contributed by atoms with van der Waals surface area (Å²) >= 11 is 0. The molecule has 1 aliphatic heterocycles. The number of aromatic nitrogens is 1. The van der Waals surface area contributed by atoms with Crippen molar-refractivity contribution in [2.75, 3.05) is 19.6 Å². The van der Waals surface area contributed by atoms with E-state index in [1.165, 1.54) is 6.92 Å². The summed E-state index contributed by atoms with van der Waals surface area (Å²) in [5.74, 6) is -8.31. The number of nitrogens with two attached hydrogens (primary N) is 5. The van der Waals surface area contributed by atoms with Gasteiger partial charge < -0.3 is 65.6 Å². The molecule has 1 fully saturated rings. The van der Waals surface area contributed by atoms with Crippen LogP contribution in [-0.4, -0.2) is 120 Å². The van der Waals surface area contributed by atoms with Crippen molar-refractivity contribution >= 4 is 75.7 Å². The van der Waals surface area contributed by atoms with Crippen molar-refractivity contribution in [3.8, 4) is 0 Å². The molecule has 23 heteroatoms. The number of Topliss-reactive ketones (excluding diaryl/α,β-unsaturated/α-hetero) is 2. The van der Waals surface area contributed by atoms with Gasteiger partial charge in [0, 0.05) is 68.3 Å². The molecular formula is C52H76N14O9. The highest BCUT2D eigenvalue weighted by atomic mass is 16.2. The topological polar surface area (TPSA) is 396 Å². The lowest BCUT2D eigenvalue weighted by atomic mass is 9.83. The minimum Gasteiger partial charge on any atom is -0.370 e. The fourth-order valence-electron chi connectivity index (χ4n) is 8.89. The summed E-state index contributed by atoms with van der Waals surface area (Å²) < 4.78 is 0. The summed E-state index contributed by atoms with van der Waals surface area (Å²) in [7, 11) is 0. The van der Waals surface area contributed by atoms with Crippen LogP contribution in [0.2, 0.25) is 0 Å². The first-order valence-electron chi connectivity index (χ1n) is 25.6. The van der Waals surface area contributed by atoms with Gasteiger partial charge in [-0.25, -0.2) is 0 Å². The second-order valence-electron chi connectivity index (χ2n) is 19.0. The molecule has 17 N–H and O–H groups in total. The second kappa shape index (κ2) is 31.0. The Kier molecular flexibility index (Phi) is 24.7. The molecule has 408 valence electrons. The highest BCUT2D eigenvalue weighted by Gasteiger charge is 2.35. The van der Waals surface area contributed by atoms with Crippen molar-refractivity contribution in [2.24, 2.45) is 50.5 Å². The summed E-state index contributed by atoms with van der Waals surface area (Å²) in [6.07, 6.45) is 3.11. The summed E-state index contributed by atoms with van der Waals surface area (Å²) in [5, 5.41) is 17.0. The number of benzene rings is 2. The number of nitrogens with zero attached hydrogens (tertiary/aromatic N) is 2. The number of hydrogen-bond donors (Lipinski definition) is 12. The van der Waals surface area contributed by atoms with Crippen LogP contribution >= 0.6 is 0 Å². The molecule has 0 bridgehead atoms. The molecule has 75 heavy (non-hydrogen) atoms. The number of nitrogens with one attached hydrogen (secondary N) is 7. The number of unbranched alkanes of at least 4 members (excludes halogenated alkanes) is 1. The van der Waals surface area contributed by atoms with Crippen molar-refractivity contribution in [1.29, 1.82) is 0 Å². The molecule has 4 rings (SSSR count). The third-order valence-electron chi connectivity index (χ3n) is 12.9. The van der Waals surface area contributed by atoms with E-state index in [-0.39, 0.29) is 102 Å². The molecule has 0 aliphatic carbocycles. The smallest absolute Gasteiger partial charge is 0.243 e. The van der Waals surface area contributed by atoms with Gasteiger partial charge in [0.15, 0.2) is 17.7 Å². The van der Waals surface area contributed by atoms with Crippen LogP contribution in [0.1, 0.15) is 108 Å². The SMILES string of the molecule is CCCC[C@H]1NC(=O)[C@@H](NC(=O)[C@H](CCCN=C(N)N)NC(C)=O)CC(=O)NCCCC[C@@H](C(N)=O)NC(=O)[C@H](Cc2c[nH]c3ccccc23)CC(=O)[C@H](CCCN=C(N)N)CC(=O)[C@@H](Cc2ccccc2)NC1=O.